The van der Waals surface area contributed by atoms with Gasteiger partial charge in [0.2, 0.25) is 11.9 Å². The van der Waals surface area contributed by atoms with Crippen LogP contribution in [0.1, 0.15) is 11.1 Å². The van der Waals surface area contributed by atoms with Crippen molar-refractivity contribution in [2.45, 2.75) is 11.1 Å². The Bertz CT molecular complexity index is 1200. The molecule has 2 N–H and O–H groups in total. The fourth-order valence-electron chi connectivity index (χ4n) is 2.42. The van der Waals surface area contributed by atoms with E-state index in [1.807, 2.05) is 0 Å². The quantitative estimate of drug-likeness (QED) is 0.556. The van der Waals surface area contributed by atoms with Crippen LogP contribution in [0.15, 0.2) is 78.0 Å². The van der Waals surface area contributed by atoms with Crippen molar-refractivity contribution in [1.82, 2.24) is 9.97 Å². The first-order valence-corrected chi connectivity index (χ1v) is 10.2. The molecule has 1 heterocycles. The highest BCUT2D eigenvalue weighted by atomic mass is 32.2. The first-order valence-electron chi connectivity index (χ1n) is 8.70. The predicted octanol–water partition coefficient (Wildman–Crippen LogP) is 3.95. The Morgan fingerprint density at radius 1 is 0.968 bits per heavy atom. The molecule has 1 aromatic heterocycles. The third-order valence-electron chi connectivity index (χ3n) is 3.86. The minimum absolute atomic E-state index is 0.0718. The summed E-state index contributed by atoms with van der Waals surface area (Å²) in [6.07, 6.45) is 0.615. The maximum atomic E-state index is 12.7. The summed E-state index contributed by atoms with van der Waals surface area (Å²) in [5.74, 6) is -0.677. The number of halogens is 3. The summed E-state index contributed by atoms with van der Waals surface area (Å²) in [5, 5.41) is 2.50. The van der Waals surface area contributed by atoms with E-state index in [4.69, 9.17) is 0 Å². The van der Waals surface area contributed by atoms with Crippen molar-refractivity contribution in [3.8, 4) is 0 Å². The van der Waals surface area contributed by atoms with E-state index in [1.54, 1.807) is 0 Å². The smallest absolute Gasteiger partial charge is 0.323 e. The van der Waals surface area contributed by atoms with Crippen LogP contribution in [-0.2, 0) is 21.0 Å². The van der Waals surface area contributed by atoms with Gasteiger partial charge >= 0.3 is 6.18 Å². The van der Waals surface area contributed by atoms with Gasteiger partial charge in [0, 0.05) is 24.2 Å². The molecule has 3 aromatic rings. The van der Waals surface area contributed by atoms with E-state index in [-0.39, 0.29) is 16.4 Å². The SMILES string of the molecule is O=C(/C=C/c1cccc(C(F)(F)F)c1)Nc1ccc(S(=O)(=O)Nc2ncccn2)cc1. The average Bonchev–Trinajstić information content (AvgIpc) is 2.73. The molecule has 0 saturated heterocycles. The molecule has 0 fully saturated rings. The van der Waals surface area contributed by atoms with Gasteiger partial charge in [0.1, 0.15) is 0 Å². The molecule has 7 nitrogen and oxygen atoms in total. The van der Waals surface area contributed by atoms with Crippen molar-refractivity contribution in [1.29, 1.82) is 0 Å². The molecule has 0 saturated carbocycles. The number of carbonyl (C=O) groups excluding carboxylic acids is 1. The number of carbonyl (C=O) groups is 1. The highest BCUT2D eigenvalue weighted by Gasteiger charge is 2.30. The van der Waals surface area contributed by atoms with Gasteiger partial charge in [-0.1, -0.05) is 12.1 Å². The zero-order valence-electron chi connectivity index (χ0n) is 15.7. The molecular weight excluding hydrogens is 433 g/mol. The lowest BCUT2D eigenvalue weighted by Gasteiger charge is -2.08. The van der Waals surface area contributed by atoms with Crippen LogP contribution in [0, 0.1) is 0 Å². The molecule has 0 aliphatic rings. The molecule has 160 valence electrons. The van der Waals surface area contributed by atoms with E-state index >= 15 is 0 Å². The van der Waals surface area contributed by atoms with Gasteiger partial charge in [-0.05, 0) is 54.1 Å². The number of anilines is 2. The summed E-state index contributed by atoms with van der Waals surface area (Å²) in [7, 11) is -3.91. The van der Waals surface area contributed by atoms with Crippen LogP contribution in [0.3, 0.4) is 0 Å². The highest BCUT2D eigenvalue weighted by Crippen LogP contribution is 2.29. The monoisotopic (exact) mass is 448 g/mol. The number of alkyl halides is 3. The van der Waals surface area contributed by atoms with Crippen LogP contribution in [0.4, 0.5) is 24.8 Å². The number of amides is 1. The van der Waals surface area contributed by atoms with Gasteiger partial charge in [0.05, 0.1) is 10.5 Å². The summed E-state index contributed by atoms with van der Waals surface area (Å²) in [6.45, 7) is 0. The van der Waals surface area contributed by atoms with E-state index in [0.717, 1.165) is 18.2 Å². The molecule has 11 heteroatoms. The lowest BCUT2D eigenvalue weighted by Crippen LogP contribution is -2.15. The fraction of sp³-hybridized carbons (Fsp3) is 0.0500. The Labute approximate surface area is 175 Å². The molecule has 0 atom stereocenters. The Morgan fingerprint density at radius 3 is 2.29 bits per heavy atom. The van der Waals surface area contributed by atoms with Crippen LogP contribution in [0.5, 0.6) is 0 Å². The largest absolute Gasteiger partial charge is 0.416 e. The molecule has 0 aliphatic heterocycles. The number of aromatic nitrogens is 2. The third kappa shape index (κ3) is 6.12. The number of nitrogens with zero attached hydrogens (tertiary/aromatic N) is 2. The second-order valence-corrected chi connectivity index (χ2v) is 7.83. The van der Waals surface area contributed by atoms with E-state index in [0.29, 0.717) is 5.69 Å². The second-order valence-electron chi connectivity index (χ2n) is 6.15. The standard InChI is InChI=1S/C20H15F3N4O3S/c21-20(22,23)15-4-1-3-14(13-15)5-10-18(28)26-16-6-8-17(9-7-16)31(29,30)27-19-24-11-2-12-25-19/h1-13H,(H,26,28)(H,24,25,27)/b10-5+. The van der Waals surface area contributed by atoms with Crippen molar-refractivity contribution >= 4 is 33.6 Å². The van der Waals surface area contributed by atoms with Gasteiger partial charge in [-0.2, -0.15) is 13.2 Å². The van der Waals surface area contributed by atoms with Gasteiger partial charge in [-0.3, -0.25) is 4.79 Å². The Morgan fingerprint density at radius 2 is 1.65 bits per heavy atom. The van der Waals surface area contributed by atoms with Crippen molar-refractivity contribution in [2.75, 3.05) is 10.0 Å². The molecule has 0 radical (unpaired) electrons. The van der Waals surface area contributed by atoms with Gasteiger partial charge in [-0.15, -0.1) is 0 Å². The number of benzene rings is 2. The molecule has 2 aromatic carbocycles. The van der Waals surface area contributed by atoms with Gasteiger partial charge in [0.15, 0.2) is 0 Å². The lowest BCUT2D eigenvalue weighted by molar-refractivity contribution is -0.137. The zero-order valence-corrected chi connectivity index (χ0v) is 16.5. The number of hydrogen-bond acceptors (Lipinski definition) is 5. The summed E-state index contributed by atoms with van der Waals surface area (Å²) >= 11 is 0. The molecule has 0 spiro atoms. The van der Waals surface area contributed by atoms with Crippen molar-refractivity contribution in [3.63, 3.8) is 0 Å². The molecular formula is C20H15F3N4O3S. The molecule has 0 unspecified atom stereocenters. The van der Waals surface area contributed by atoms with Gasteiger partial charge < -0.3 is 5.32 Å². The van der Waals surface area contributed by atoms with Gasteiger partial charge in [0.25, 0.3) is 10.0 Å². The third-order valence-corrected chi connectivity index (χ3v) is 5.21. The van der Waals surface area contributed by atoms with Crippen LogP contribution < -0.4 is 10.0 Å². The second kappa shape index (κ2) is 8.96. The minimum Gasteiger partial charge on any atom is -0.323 e. The van der Waals surface area contributed by atoms with E-state index in [9.17, 15) is 26.4 Å². The topological polar surface area (TPSA) is 101 Å². The average molecular weight is 448 g/mol. The zero-order chi connectivity index (χ0) is 22.5. The van der Waals surface area contributed by atoms with Crippen LogP contribution >= 0.6 is 0 Å². The number of sulfonamides is 1. The Hall–Kier alpha value is -3.73. The molecule has 1 amide bonds. The van der Waals surface area contributed by atoms with Crippen LogP contribution in [0.2, 0.25) is 0 Å². The van der Waals surface area contributed by atoms with Crippen molar-refractivity contribution < 1.29 is 26.4 Å². The Kier molecular flexibility index (Phi) is 6.35. The summed E-state index contributed by atoms with van der Waals surface area (Å²) in [5.41, 5.74) is -0.310. The maximum absolute atomic E-state index is 12.7. The Balaban J connectivity index is 1.64. The van der Waals surface area contributed by atoms with Crippen LogP contribution in [-0.4, -0.2) is 24.3 Å². The van der Waals surface area contributed by atoms with Gasteiger partial charge in [-0.25, -0.2) is 23.1 Å². The van der Waals surface area contributed by atoms with Crippen LogP contribution in [0.25, 0.3) is 6.08 Å². The minimum atomic E-state index is -4.48. The highest BCUT2D eigenvalue weighted by molar-refractivity contribution is 7.92. The predicted molar refractivity (Wildman–Crippen MR) is 108 cm³/mol. The summed E-state index contributed by atoms with van der Waals surface area (Å²) < 4.78 is 65.1. The number of rotatable bonds is 6. The number of nitrogens with one attached hydrogen (secondary N) is 2. The van der Waals surface area contributed by atoms with E-state index in [2.05, 4.69) is 20.0 Å². The number of hydrogen-bond donors (Lipinski definition) is 2. The molecule has 0 bridgehead atoms. The summed E-state index contributed by atoms with van der Waals surface area (Å²) in [4.78, 5) is 19.5. The first-order chi connectivity index (χ1) is 14.6. The van der Waals surface area contributed by atoms with Crippen molar-refractivity contribution in [2.24, 2.45) is 0 Å². The molecule has 3 rings (SSSR count). The fourth-order valence-corrected chi connectivity index (χ4v) is 3.38. The molecule has 0 aliphatic carbocycles. The maximum Gasteiger partial charge on any atom is 0.416 e. The lowest BCUT2D eigenvalue weighted by atomic mass is 10.1. The normalized spacial score (nSPS) is 12.0. The van der Waals surface area contributed by atoms with E-state index in [1.165, 1.54) is 60.9 Å². The molecule has 31 heavy (non-hydrogen) atoms. The van der Waals surface area contributed by atoms with E-state index < -0.39 is 27.7 Å². The first kappa shape index (κ1) is 22.0. The summed E-state index contributed by atoms with van der Waals surface area (Å²) in [6, 6.07) is 11.4. The van der Waals surface area contributed by atoms with Crippen molar-refractivity contribution in [3.05, 3.63) is 84.2 Å².